The van der Waals surface area contributed by atoms with Gasteiger partial charge in [0.25, 0.3) is 0 Å². The average Bonchev–Trinajstić information content (AvgIpc) is 2.35. The van der Waals surface area contributed by atoms with E-state index in [1.165, 1.54) is 6.07 Å². The Balaban J connectivity index is 2.52. The van der Waals surface area contributed by atoms with Crippen molar-refractivity contribution in [1.29, 1.82) is 0 Å². The molecule has 1 aromatic rings. The summed E-state index contributed by atoms with van der Waals surface area (Å²) in [4.78, 5) is 22.2. The SMILES string of the molecule is CC(CCC(=O)O)NC(=O)CC(C)c1ccc(F)cc1F. The predicted molar refractivity (Wildman–Crippen MR) is 73.9 cm³/mol. The first kappa shape index (κ1) is 17.1. The molecule has 1 aromatic carbocycles. The molecule has 4 nitrogen and oxygen atoms in total. The van der Waals surface area contributed by atoms with Crippen molar-refractivity contribution in [2.75, 3.05) is 0 Å². The van der Waals surface area contributed by atoms with Crippen LogP contribution in [0.5, 0.6) is 0 Å². The Morgan fingerprint density at radius 2 is 1.95 bits per heavy atom. The maximum absolute atomic E-state index is 13.6. The smallest absolute Gasteiger partial charge is 0.303 e. The van der Waals surface area contributed by atoms with Crippen LogP contribution in [0.4, 0.5) is 8.78 Å². The van der Waals surface area contributed by atoms with Crippen molar-refractivity contribution in [3.63, 3.8) is 0 Å². The van der Waals surface area contributed by atoms with Crippen molar-refractivity contribution in [1.82, 2.24) is 5.32 Å². The molecule has 2 N–H and O–H groups in total. The van der Waals surface area contributed by atoms with Crippen LogP contribution >= 0.6 is 0 Å². The molecule has 0 aliphatic carbocycles. The summed E-state index contributed by atoms with van der Waals surface area (Å²) >= 11 is 0. The van der Waals surface area contributed by atoms with E-state index in [-0.39, 0.29) is 30.4 Å². The summed E-state index contributed by atoms with van der Waals surface area (Å²) in [5.74, 6) is -2.93. The molecule has 0 spiro atoms. The molecule has 1 amide bonds. The number of carboxylic acids is 1. The van der Waals surface area contributed by atoms with Gasteiger partial charge in [-0.2, -0.15) is 0 Å². The molecular formula is C15H19F2NO3. The molecule has 2 atom stereocenters. The van der Waals surface area contributed by atoms with Crippen molar-refractivity contribution in [3.8, 4) is 0 Å². The number of nitrogens with one attached hydrogen (secondary N) is 1. The first-order valence-corrected chi connectivity index (χ1v) is 6.75. The van der Waals surface area contributed by atoms with Gasteiger partial charge in [0.15, 0.2) is 0 Å². The van der Waals surface area contributed by atoms with Gasteiger partial charge in [0.05, 0.1) is 0 Å². The second-order valence-corrected chi connectivity index (χ2v) is 5.17. The third-order valence-electron chi connectivity index (χ3n) is 3.18. The van der Waals surface area contributed by atoms with Crippen LogP contribution in [0.2, 0.25) is 0 Å². The Labute approximate surface area is 122 Å². The lowest BCUT2D eigenvalue weighted by molar-refractivity contribution is -0.137. The number of hydrogen-bond donors (Lipinski definition) is 2. The van der Waals surface area contributed by atoms with Crippen LogP contribution in [-0.2, 0) is 9.59 Å². The monoisotopic (exact) mass is 299 g/mol. The van der Waals surface area contributed by atoms with Crippen molar-refractivity contribution in [2.45, 2.75) is 45.1 Å². The number of aliphatic carboxylic acids is 1. The van der Waals surface area contributed by atoms with Gasteiger partial charge in [-0.25, -0.2) is 8.78 Å². The van der Waals surface area contributed by atoms with E-state index in [0.717, 1.165) is 12.1 Å². The molecule has 0 heterocycles. The third kappa shape index (κ3) is 5.89. The number of hydrogen-bond acceptors (Lipinski definition) is 2. The molecule has 0 aliphatic heterocycles. The quantitative estimate of drug-likeness (QED) is 0.813. The predicted octanol–water partition coefficient (Wildman–Crippen LogP) is 2.83. The first-order valence-electron chi connectivity index (χ1n) is 6.75. The molecular weight excluding hydrogens is 280 g/mol. The molecule has 0 aromatic heterocycles. The number of halogens is 2. The summed E-state index contributed by atoms with van der Waals surface area (Å²) in [7, 11) is 0. The lowest BCUT2D eigenvalue weighted by atomic mass is 9.96. The van der Waals surface area contributed by atoms with E-state index in [2.05, 4.69) is 5.32 Å². The highest BCUT2D eigenvalue weighted by molar-refractivity contribution is 5.77. The zero-order valence-electron chi connectivity index (χ0n) is 12.0. The zero-order valence-corrected chi connectivity index (χ0v) is 12.0. The fraction of sp³-hybridized carbons (Fsp3) is 0.467. The fourth-order valence-electron chi connectivity index (χ4n) is 2.04. The molecule has 6 heteroatoms. The minimum Gasteiger partial charge on any atom is -0.481 e. The zero-order chi connectivity index (χ0) is 16.0. The van der Waals surface area contributed by atoms with E-state index in [0.29, 0.717) is 6.42 Å². The largest absolute Gasteiger partial charge is 0.481 e. The van der Waals surface area contributed by atoms with E-state index in [9.17, 15) is 18.4 Å². The fourth-order valence-corrected chi connectivity index (χ4v) is 2.04. The van der Waals surface area contributed by atoms with Crippen molar-refractivity contribution in [3.05, 3.63) is 35.4 Å². The van der Waals surface area contributed by atoms with Crippen LogP contribution in [0.1, 0.15) is 44.6 Å². The second-order valence-electron chi connectivity index (χ2n) is 5.17. The van der Waals surface area contributed by atoms with Gasteiger partial charge < -0.3 is 10.4 Å². The molecule has 0 radical (unpaired) electrons. The number of carboxylic acid groups (broad SMARTS) is 1. The van der Waals surface area contributed by atoms with Crippen LogP contribution in [0.25, 0.3) is 0 Å². The number of benzene rings is 1. The van der Waals surface area contributed by atoms with Gasteiger partial charge in [-0.1, -0.05) is 13.0 Å². The van der Waals surface area contributed by atoms with Gasteiger partial charge in [-0.15, -0.1) is 0 Å². The summed E-state index contributed by atoms with van der Waals surface area (Å²) in [6.07, 6.45) is 0.365. The minimum absolute atomic E-state index is 0.0242. The maximum atomic E-state index is 13.6. The molecule has 0 aliphatic rings. The van der Waals surface area contributed by atoms with Crippen molar-refractivity contribution < 1.29 is 23.5 Å². The van der Waals surface area contributed by atoms with Gasteiger partial charge in [0, 0.05) is 24.9 Å². The van der Waals surface area contributed by atoms with Gasteiger partial charge in [0.2, 0.25) is 5.91 Å². The minimum atomic E-state index is -0.919. The highest BCUT2D eigenvalue weighted by Crippen LogP contribution is 2.22. The van der Waals surface area contributed by atoms with Crippen molar-refractivity contribution in [2.24, 2.45) is 0 Å². The number of carbonyl (C=O) groups excluding carboxylic acids is 1. The van der Waals surface area contributed by atoms with E-state index in [1.807, 2.05) is 0 Å². The highest BCUT2D eigenvalue weighted by Gasteiger charge is 2.17. The van der Waals surface area contributed by atoms with Crippen molar-refractivity contribution >= 4 is 11.9 Å². The summed E-state index contributed by atoms with van der Waals surface area (Å²) in [6, 6.07) is 3.01. The number of rotatable bonds is 7. The molecule has 21 heavy (non-hydrogen) atoms. The molecule has 2 unspecified atom stereocenters. The second kappa shape index (κ2) is 7.71. The average molecular weight is 299 g/mol. The Hall–Kier alpha value is -1.98. The Bertz CT molecular complexity index is 520. The van der Waals surface area contributed by atoms with Gasteiger partial charge in [-0.3, -0.25) is 9.59 Å². The molecule has 0 saturated heterocycles. The molecule has 0 fully saturated rings. The van der Waals surface area contributed by atoms with Gasteiger partial charge >= 0.3 is 5.97 Å². The Kier molecular flexibility index (Phi) is 6.27. The molecule has 0 saturated carbocycles. The highest BCUT2D eigenvalue weighted by atomic mass is 19.1. The first-order chi connectivity index (χ1) is 9.79. The molecule has 116 valence electrons. The van der Waals surface area contributed by atoms with Crippen LogP contribution in [0, 0.1) is 11.6 Å². The Morgan fingerprint density at radius 1 is 1.29 bits per heavy atom. The number of carbonyl (C=O) groups is 2. The summed E-state index contributed by atoms with van der Waals surface area (Å²) < 4.78 is 26.4. The van der Waals surface area contributed by atoms with Crippen LogP contribution in [0.15, 0.2) is 18.2 Å². The standard InChI is InChI=1S/C15H19F2NO3/c1-9(12-5-4-11(16)8-13(12)17)7-14(19)18-10(2)3-6-15(20)21/h4-5,8-10H,3,6-7H2,1-2H3,(H,18,19)(H,20,21). The van der Waals surface area contributed by atoms with E-state index in [1.54, 1.807) is 13.8 Å². The topological polar surface area (TPSA) is 66.4 Å². The van der Waals surface area contributed by atoms with Crippen LogP contribution in [-0.4, -0.2) is 23.0 Å². The summed E-state index contributed by atoms with van der Waals surface area (Å²) in [5.41, 5.74) is 0.282. The summed E-state index contributed by atoms with van der Waals surface area (Å²) in [6.45, 7) is 3.39. The van der Waals surface area contributed by atoms with Gasteiger partial charge in [-0.05, 0) is 30.9 Å². The third-order valence-corrected chi connectivity index (χ3v) is 3.18. The molecule has 1 rings (SSSR count). The number of amides is 1. The maximum Gasteiger partial charge on any atom is 0.303 e. The van der Waals surface area contributed by atoms with E-state index < -0.39 is 23.5 Å². The van der Waals surface area contributed by atoms with E-state index >= 15 is 0 Å². The van der Waals surface area contributed by atoms with Gasteiger partial charge in [0.1, 0.15) is 11.6 Å². The van der Waals surface area contributed by atoms with E-state index in [4.69, 9.17) is 5.11 Å². The van der Waals surface area contributed by atoms with Crippen LogP contribution in [0.3, 0.4) is 0 Å². The molecule has 0 bridgehead atoms. The summed E-state index contributed by atoms with van der Waals surface area (Å²) in [5, 5.41) is 11.2. The lowest BCUT2D eigenvalue weighted by Crippen LogP contribution is -2.33. The lowest BCUT2D eigenvalue weighted by Gasteiger charge is -2.16. The Morgan fingerprint density at radius 3 is 2.52 bits per heavy atom. The van der Waals surface area contributed by atoms with Crippen LogP contribution < -0.4 is 5.32 Å². The normalized spacial score (nSPS) is 13.5.